The van der Waals surface area contributed by atoms with E-state index in [2.05, 4.69) is 27.7 Å². The summed E-state index contributed by atoms with van der Waals surface area (Å²) in [4.78, 5) is 60.0. The molecule has 256 valence electrons. The molecule has 0 N–H and O–H groups in total. The molecule has 0 aromatic carbocycles. The van der Waals surface area contributed by atoms with Crippen LogP contribution in [-0.2, 0) is 35.0 Å². The Morgan fingerprint density at radius 3 is 1.65 bits per heavy atom. The number of aromatic nitrogens is 2. The van der Waals surface area contributed by atoms with Crippen LogP contribution in [0.15, 0.2) is 40.4 Å². The monoisotopic (exact) mass is 642 g/mol. The summed E-state index contributed by atoms with van der Waals surface area (Å²) in [5.41, 5.74) is 2.78. The van der Waals surface area contributed by atoms with Crippen molar-refractivity contribution in [3.8, 4) is 0 Å². The van der Waals surface area contributed by atoms with Crippen molar-refractivity contribution in [2.75, 3.05) is 19.8 Å². The number of pyridine rings is 2. The minimum absolute atomic E-state index is 0.192. The number of aryl methyl sites for hydroxylation is 2. The smallest absolute Gasteiger partial charge is 0.329 e. The number of rotatable bonds is 17. The molecule has 10 heteroatoms. The first kappa shape index (κ1) is 40.1. The maximum atomic E-state index is 12.4. The Kier molecular flexibility index (Phi) is 18.3. The summed E-state index contributed by atoms with van der Waals surface area (Å²) in [5, 5.41) is 0. The molecule has 0 saturated carbocycles. The van der Waals surface area contributed by atoms with E-state index in [1.54, 1.807) is 51.6 Å². The third-order valence-electron chi connectivity index (χ3n) is 7.36. The zero-order valence-corrected chi connectivity index (χ0v) is 29.2. The summed E-state index contributed by atoms with van der Waals surface area (Å²) < 4.78 is 18.4. The largest absolute Gasteiger partial charge is 0.501 e. The van der Waals surface area contributed by atoms with E-state index in [0.29, 0.717) is 37.9 Å². The van der Waals surface area contributed by atoms with E-state index in [9.17, 15) is 24.0 Å². The third kappa shape index (κ3) is 13.2. The van der Waals surface area contributed by atoms with Gasteiger partial charge in [0, 0.05) is 30.9 Å². The summed E-state index contributed by atoms with van der Waals surface area (Å²) in [5.74, 6) is 0.114. The molecule has 2 rings (SSSR count). The van der Waals surface area contributed by atoms with Gasteiger partial charge in [0.25, 0.3) is 11.1 Å². The SMILES string of the molecule is CCO/C=C/c1cn(C(CCC(C)C)C(=O)OCC)c(=O)cc1C.CCOC(=O)C(CCC(C)C)n1cc(CC=O)c(C)cc1=O. The lowest BCUT2D eigenvalue weighted by Gasteiger charge is -2.20. The molecule has 0 radical (unpaired) electrons. The molecule has 0 bridgehead atoms. The first-order valence-corrected chi connectivity index (χ1v) is 16.3. The van der Waals surface area contributed by atoms with Crippen molar-refractivity contribution in [2.45, 2.75) is 107 Å². The van der Waals surface area contributed by atoms with Gasteiger partial charge in [-0.15, -0.1) is 0 Å². The van der Waals surface area contributed by atoms with Crippen molar-refractivity contribution < 1.29 is 28.6 Å². The highest BCUT2D eigenvalue weighted by atomic mass is 16.5. The van der Waals surface area contributed by atoms with Crippen LogP contribution in [0.3, 0.4) is 0 Å². The molecule has 0 spiro atoms. The predicted octanol–water partition coefficient (Wildman–Crippen LogP) is 6.14. The molecule has 2 aromatic heterocycles. The van der Waals surface area contributed by atoms with E-state index < -0.39 is 18.1 Å². The summed E-state index contributed by atoms with van der Waals surface area (Å²) in [6, 6.07) is 1.79. The molecular formula is C36H54N2O8. The van der Waals surface area contributed by atoms with Crippen LogP contribution < -0.4 is 11.1 Å². The molecular weight excluding hydrogens is 588 g/mol. The Morgan fingerprint density at radius 2 is 1.22 bits per heavy atom. The zero-order valence-electron chi connectivity index (χ0n) is 29.2. The molecule has 0 aliphatic rings. The van der Waals surface area contributed by atoms with Crippen LogP contribution in [-0.4, -0.2) is 47.2 Å². The van der Waals surface area contributed by atoms with E-state index in [0.717, 1.165) is 41.4 Å². The number of hydrogen-bond donors (Lipinski definition) is 0. The highest BCUT2D eigenvalue weighted by Gasteiger charge is 2.25. The first-order chi connectivity index (χ1) is 21.8. The van der Waals surface area contributed by atoms with Crippen molar-refractivity contribution in [3.63, 3.8) is 0 Å². The van der Waals surface area contributed by atoms with Crippen molar-refractivity contribution in [1.29, 1.82) is 0 Å². The third-order valence-corrected chi connectivity index (χ3v) is 7.36. The molecule has 0 amide bonds. The highest BCUT2D eigenvalue weighted by molar-refractivity contribution is 5.75. The normalized spacial score (nSPS) is 12.4. The van der Waals surface area contributed by atoms with Gasteiger partial charge in [-0.2, -0.15) is 0 Å². The molecule has 46 heavy (non-hydrogen) atoms. The Labute approximate surface area is 273 Å². The number of aldehydes is 1. The molecule has 0 fully saturated rings. The Hall–Kier alpha value is -3.95. The Balaban J connectivity index is 0.000000462. The van der Waals surface area contributed by atoms with E-state index in [4.69, 9.17) is 14.2 Å². The Bertz CT molecular complexity index is 1400. The molecule has 2 unspecified atom stereocenters. The van der Waals surface area contributed by atoms with Gasteiger partial charge in [0.15, 0.2) is 0 Å². The number of hydrogen-bond acceptors (Lipinski definition) is 8. The molecule has 2 aromatic rings. The van der Waals surface area contributed by atoms with Gasteiger partial charge < -0.3 is 28.1 Å². The summed E-state index contributed by atoms with van der Waals surface area (Å²) in [6.07, 6.45) is 10.5. The van der Waals surface area contributed by atoms with Gasteiger partial charge in [-0.3, -0.25) is 9.59 Å². The van der Waals surface area contributed by atoms with Crippen molar-refractivity contribution >= 4 is 24.3 Å². The first-order valence-electron chi connectivity index (χ1n) is 16.3. The fraction of sp³-hybridized carbons (Fsp3) is 0.583. The van der Waals surface area contributed by atoms with Crippen LogP contribution in [0.1, 0.15) is 108 Å². The second-order valence-corrected chi connectivity index (χ2v) is 12.0. The van der Waals surface area contributed by atoms with Crippen LogP contribution >= 0.6 is 0 Å². The summed E-state index contributed by atoms with van der Waals surface area (Å²) in [6.45, 7) is 18.5. The molecule has 0 aliphatic heterocycles. The molecule has 10 nitrogen and oxygen atoms in total. The standard InChI is InChI=1S/C19H29NO4.C17H25NO4/c1-6-23-11-10-16-13-20(18(21)12-15(16)5)17(9-8-14(3)4)19(22)24-7-2;1-5-22-17(21)15(7-6-12(2)3)18-11-14(8-9-19)13(4)10-16(18)20/h10-14,17H,6-9H2,1-5H3;9-12,15H,5-8H2,1-4H3/b11-10+;. The van der Waals surface area contributed by atoms with Gasteiger partial charge in [-0.1, -0.05) is 27.7 Å². The van der Waals surface area contributed by atoms with Gasteiger partial charge >= 0.3 is 11.9 Å². The lowest BCUT2D eigenvalue weighted by atomic mass is 10.0. The van der Waals surface area contributed by atoms with Gasteiger partial charge in [0.2, 0.25) is 0 Å². The fourth-order valence-electron chi connectivity index (χ4n) is 4.73. The predicted molar refractivity (Wildman–Crippen MR) is 181 cm³/mol. The maximum absolute atomic E-state index is 12.4. The zero-order chi connectivity index (χ0) is 34.8. The summed E-state index contributed by atoms with van der Waals surface area (Å²) >= 11 is 0. The molecule has 0 saturated heterocycles. The second kappa shape index (κ2) is 21.0. The van der Waals surface area contributed by atoms with Crippen molar-refractivity contribution in [1.82, 2.24) is 9.13 Å². The summed E-state index contributed by atoms with van der Waals surface area (Å²) in [7, 11) is 0. The van der Waals surface area contributed by atoms with Gasteiger partial charge in [0.05, 0.1) is 26.1 Å². The second-order valence-electron chi connectivity index (χ2n) is 12.0. The van der Waals surface area contributed by atoms with Crippen LogP contribution in [0.4, 0.5) is 0 Å². The van der Waals surface area contributed by atoms with Crippen molar-refractivity contribution in [3.05, 3.63) is 73.7 Å². The lowest BCUT2D eigenvalue weighted by Crippen LogP contribution is -2.31. The Morgan fingerprint density at radius 1 is 0.739 bits per heavy atom. The van der Waals surface area contributed by atoms with Crippen LogP contribution in [0.5, 0.6) is 0 Å². The highest BCUT2D eigenvalue weighted by Crippen LogP contribution is 2.21. The van der Waals surface area contributed by atoms with Crippen LogP contribution in [0.25, 0.3) is 6.08 Å². The topological polar surface area (TPSA) is 123 Å². The number of nitrogens with zero attached hydrogens (tertiary/aromatic N) is 2. The maximum Gasteiger partial charge on any atom is 0.329 e. The average Bonchev–Trinajstić information content (AvgIpc) is 2.97. The molecule has 2 atom stereocenters. The number of carbonyl (C=O) groups is 3. The van der Waals surface area contributed by atoms with Gasteiger partial charge in [-0.25, -0.2) is 9.59 Å². The number of ether oxygens (including phenoxy) is 3. The fourth-order valence-corrected chi connectivity index (χ4v) is 4.73. The van der Waals surface area contributed by atoms with Gasteiger partial charge in [0.1, 0.15) is 18.4 Å². The quantitative estimate of drug-likeness (QED) is 0.115. The van der Waals surface area contributed by atoms with Crippen molar-refractivity contribution in [2.24, 2.45) is 11.8 Å². The van der Waals surface area contributed by atoms with E-state index >= 15 is 0 Å². The average molecular weight is 643 g/mol. The molecule has 0 aliphatic carbocycles. The van der Waals surface area contributed by atoms with Crippen LogP contribution in [0, 0.1) is 25.7 Å². The number of carbonyl (C=O) groups excluding carboxylic acids is 3. The van der Waals surface area contributed by atoms with E-state index in [1.807, 2.05) is 13.8 Å². The minimum atomic E-state index is -0.638. The van der Waals surface area contributed by atoms with Crippen LogP contribution in [0.2, 0.25) is 0 Å². The number of esters is 2. The van der Waals surface area contributed by atoms with E-state index in [-0.39, 0.29) is 30.1 Å². The molecule has 2 heterocycles. The minimum Gasteiger partial charge on any atom is -0.501 e. The lowest BCUT2D eigenvalue weighted by molar-refractivity contribution is -0.148. The van der Waals surface area contributed by atoms with E-state index in [1.165, 1.54) is 15.2 Å². The van der Waals surface area contributed by atoms with Gasteiger partial charge in [-0.05, 0) is 100 Å².